The standard InChI is InChI=1S/C27H30ClN5O3/c1-5-13-33-25(35)23-22(24(34)31-21-8-6-7-20(28)18(21)3)30-16-32(23)15-27(33,4)26(36)29-14-19-11-9-17(2)10-12-19/h6-12,16H,5,13-15H2,1-4H3,(H,29,36)(H,31,34)/t27-/m0/s1. The molecule has 0 saturated heterocycles. The van der Waals surface area contributed by atoms with Crippen molar-refractivity contribution in [3.05, 3.63) is 81.9 Å². The maximum Gasteiger partial charge on any atom is 0.276 e. The molecule has 36 heavy (non-hydrogen) atoms. The Bertz CT molecular complexity index is 1320. The smallest absolute Gasteiger partial charge is 0.276 e. The number of rotatable bonds is 7. The molecular formula is C27H30ClN5O3. The predicted octanol–water partition coefficient (Wildman–Crippen LogP) is 4.35. The number of hydrogen-bond acceptors (Lipinski definition) is 4. The molecule has 1 aromatic heterocycles. The number of imidazole rings is 1. The van der Waals surface area contributed by atoms with E-state index in [4.69, 9.17) is 11.6 Å². The zero-order valence-corrected chi connectivity index (χ0v) is 21.6. The number of amides is 3. The summed E-state index contributed by atoms with van der Waals surface area (Å²) in [6.07, 6.45) is 2.10. The number of nitrogens with zero attached hydrogens (tertiary/aromatic N) is 3. The van der Waals surface area contributed by atoms with Gasteiger partial charge in [-0.1, -0.05) is 54.4 Å². The van der Waals surface area contributed by atoms with E-state index in [1.165, 1.54) is 6.33 Å². The maximum absolute atomic E-state index is 13.7. The number of benzene rings is 2. The summed E-state index contributed by atoms with van der Waals surface area (Å²) >= 11 is 6.18. The third-order valence-corrected chi connectivity index (χ3v) is 7.01. The van der Waals surface area contributed by atoms with Crippen molar-refractivity contribution < 1.29 is 14.4 Å². The molecule has 0 unspecified atom stereocenters. The molecule has 0 aliphatic carbocycles. The molecule has 2 heterocycles. The van der Waals surface area contributed by atoms with Gasteiger partial charge in [-0.3, -0.25) is 14.4 Å². The van der Waals surface area contributed by atoms with Crippen LogP contribution in [0.1, 0.15) is 57.9 Å². The van der Waals surface area contributed by atoms with Crippen LogP contribution in [0.2, 0.25) is 5.02 Å². The van der Waals surface area contributed by atoms with Gasteiger partial charge in [0.05, 0.1) is 12.9 Å². The average molecular weight is 508 g/mol. The van der Waals surface area contributed by atoms with E-state index in [9.17, 15) is 14.4 Å². The number of anilines is 1. The average Bonchev–Trinajstić information content (AvgIpc) is 3.28. The molecule has 4 rings (SSSR count). The Kier molecular flexibility index (Phi) is 7.17. The van der Waals surface area contributed by atoms with Crippen molar-refractivity contribution in [2.75, 3.05) is 11.9 Å². The molecule has 9 heteroatoms. The number of aryl methyl sites for hydroxylation is 1. The van der Waals surface area contributed by atoms with Gasteiger partial charge in [0.25, 0.3) is 11.8 Å². The second kappa shape index (κ2) is 10.1. The van der Waals surface area contributed by atoms with Crippen LogP contribution in [0.25, 0.3) is 0 Å². The first-order chi connectivity index (χ1) is 17.2. The van der Waals surface area contributed by atoms with Crippen LogP contribution < -0.4 is 10.6 Å². The highest BCUT2D eigenvalue weighted by Crippen LogP contribution is 2.30. The van der Waals surface area contributed by atoms with Crippen LogP contribution in [-0.4, -0.2) is 44.3 Å². The second-order valence-corrected chi connectivity index (χ2v) is 9.74. The van der Waals surface area contributed by atoms with E-state index in [2.05, 4.69) is 15.6 Å². The van der Waals surface area contributed by atoms with Crippen LogP contribution in [0, 0.1) is 13.8 Å². The lowest BCUT2D eigenvalue weighted by Gasteiger charge is -2.43. The zero-order chi connectivity index (χ0) is 26.0. The summed E-state index contributed by atoms with van der Waals surface area (Å²) in [6, 6.07) is 13.1. The molecule has 1 atom stereocenters. The Labute approximate surface area is 215 Å². The Hall–Kier alpha value is -3.65. The summed E-state index contributed by atoms with van der Waals surface area (Å²) in [5.74, 6) is -1.17. The van der Waals surface area contributed by atoms with E-state index in [1.807, 2.05) is 38.1 Å². The maximum atomic E-state index is 13.7. The first kappa shape index (κ1) is 25.4. The lowest BCUT2D eigenvalue weighted by atomic mass is 9.93. The van der Waals surface area contributed by atoms with Crippen molar-refractivity contribution in [3.8, 4) is 0 Å². The fourth-order valence-corrected chi connectivity index (χ4v) is 4.61. The number of fused-ring (bicyclic) bond motifs is 1. The molecule has 2 aromatic carbocycles. The fourth-order valence-electron chi connectivity index (χ4n) is 4.43. The van der Waals surface area contributed by atoms with Gasteiger partial charge in [0.2, 0.25) is 5.91 Å². The van der Waals surface area contributed by atoms with Crippen LogP contribution in [0.3, 0.4) is 0 Å². The topological polar surface area (TPSA) is 96.3 Å². The Balaban J connectivity index is 1.60. The normalized spacial score (nSPS) is 17.0. The second-order valence-electron chi connectivity index (χ2n) is 9.34. The molecule has 0 bridgehead atoms. The fraction of sp³-hybridized carbons (Fsp3) is 0.333. The summed E-state index contributed by atoms with van der Waals surface area (Å²) < 4.78 is 1.60. The van der Waals surface area contributed by atoms with Crippen molar-refractivity contribution in [1.29, 1.82) is 0 Å². The van der Waals surface area contributed by atoms with Crippen molar-refractivity contribution in [3.63, 3.8) is 0 Å². The summed E-state index contributed by atoms with van der Waals surface area (Å²) in [5.41, 5.74) is 2.43. The highest BCUT2D eigenvalue weighted by molar-refractivity contribution is 6.31. The van der Waals surface area contributed by atoms with E-state index >= 15 is 0 Å². The van der Waals surface area contributed by atoms with E-state index in [0.29, 0.717) is 30.2 Å². The van der Waals surface area contributed by atoms with Crippen LogP contribution in [0.4, 0.5) is 5.69 Å². The minimum atomic E-state index is -1.14. The molecule has 0 radical (unpaired) electrons. The van der Waals surface area contributed by atoms with Gasteiger partial charge in [0.1, 0.15) is 11.2 Å². The van der Waals surface area contributed by atoms with Gasteiger partial charge in [-0.25, -0.2) is 4.98 Å². The molecule has 188 valence electrons. The molecule has 3 aromatic rings. The largest absolute Gasteiger partial charge is 0.350 e. The van der Waals surface area contributed by atoms with Gasteiger partial charge in [-0.2, -0.15) is 0 Å². The van der Waals surface area contributed by atoms with Gasteiger partial charge < -0.3 is 20.1 Å². The van der Waals surface area contributed by atoms with Crippen LogP contribution >= 0.6 is 11.6 Å². The van der Waals surface area contributed by atoms with E-state index in [0.717, 1.165) is 16.7 Å². The molecule has 3 amide bonds. The Morgan fingerprint density at radius 3 is 2.56 bits per heavy atom. The van der Waals surface area contributed by atoms with E-state index in [-0.39, 0.29) is 23.8 Å². The number of hydrogen-bond donors (Lipinski definition) is 2. The van der Waals surface area contributed by atoms with Crippen molar-refractivity contribution in [2.45, 2.75) is 52.7 Å². The van der Waals surface area contributed by atoms with Crippen LogP contribution in [0.5, 0.6) is 0 Å². The lowest BCUT2D eigenvalue weighted by molar-refractivity contribution is -0.133. The van der Waals surface area contributed by atoms with Gasteiger partial charge in [0.15, 0.2) is 5.69 Å². The Morgan fingerprint density at radius 2 is 1.86 bits per heavy atom. The summed E-state index contributed by atoms with van der Waals surface area (Å²) in [5, 5.41) is 6.32. The van der Waals surface area contributed by atoms with Crippen molar-refractivity contribution >= 4 is 35.0 Å². The Morgan fingerprint density at radius 1 is 1.14 bits per heavy atom. The first-order valence-corrected chi connectivity index (χ1v) is 12.3. The highest BCUT2D eigenvalue weighted by atomic mass is 35.5. The molecular weight excluding hydrogens is 478 g/mol. The molecule has 2 N–H and O–H groups in total. The minimum Gasteiger partial charge on any atom is -0.350 e. The van der Waals surface area contributed by atoms with Gasteiger partial charge in [-0.15, -0.1) is 0 Å². The summed E-state index contributed by atoms with van der Waals surface area (Å²) in [4.78, 5) is 46.0. The predicted molar refractivity (Wildman–Crippen MR) is 139 cm³/mol. The van der Waals surface area contributed by atoms with E-state index in [1.54, 1.807) is 41.5 Å². The monoisotopic (exact) mass is 507 g/mol. The van der Waals surface area contributed by atoms with Crippen molar-refractivity contribution in [2.24, 2.45) is 0 Å². The molecule has 1 aliphatic heterocycles. The minimum absolute atomic E-state index is 0.0163. The van der Waals surface area contributed by atoms with E-state index < -0.39 is 17.4 Å². The molecule has 0 spiro atoms. The molecule has 0 fully saturated rings. The quantitative estimate of drug-likeness (QED) is 0.497. The third kappa shape index (κ3) is 4.73. The zero-order valence-electron chi connectivity index (χ0n) is 20.9. The number of carbonyl (C=O) groups excluding carboxylic acids is 3. The highest BCUT2D eigenvalue weighted by Gasteiger charge is 2.48. The number of aromatic nitrogens is 2. The number of carbonyl (C=O) groups is 3. The first-order valence-electron chi connectivity index (χ1n) is 11.9. The lowest BCUT2D eigenvalue weighted by Crippen LogP contribution is -2.64. The SMILES string of the molecule is CCCN1C(=O)c2c(C(=O)Nc3cccc(Cl)c3C)ncn2C[C@@]1(C)C(=O)NCc1ccc(C)cc1. The summed E-state index contributed by atoms with van der Waals surface area (Å²) in [7, 11) is 0. The van der Waals surface area contributed by atoms with Gasteiger partial charge in [-0.05, 0) is 50.5 Å². The van der Waals surface area contributed by atoms with Gasteiger partial charge >= 0.3 is 0 Å². The number of halogens is 1. The molecule has 8 nitrogen and oxygen atoms in total. The van der Waals surface area contributed by atoms with Gasteiger partial charge in [0, 0.05) is 23.8 Å². The summed E-state index contributed by atoms with van der Waals surface area (Å²) in [6.45, 7) is 8.41. The van der Waals surface area contributed by atoms with Crippen LogP contribution in [0.15, 0.2) is 48.8 Å². The van der Waals surface area contributed by atoms with Crippen molar-refractivity contribution in [1.82, 2.24) is 19.8 Å². The molecule has 1 aliphatic rings. The van der Waals surface area contributed by atoms with Crippen LogP contribution in [-0.2, 0) is 17.9 Å². The molecule has 0 saturated carbocycles. The third-order valence-electron chi connectivity index (χ3n) is 6.60. The number of nitrogens with one attached hydrogen (secondary N) is 2.